The lowest BCUT2D eigenvalue weighted by Crippen LogP contribution is -1.98. The van der Waals surface area contributed by atoms with Crippen molar-refractivity contribution in [2.45, 2.75) is 0 Å². The molecule has 0 N–H and O–H groups in total. The van der Waals surface area contributed by atoms with E-state index in [-0.39, 0.29) is 29.9 Å². The summed E-state index contributed by atoms with van der Waals surface area (Å²) in [5.74, 6) is 0. The lowest BCUT2D eigenvalue weighted by Gasteiger charge is -2.13. The summed E-state index contributed by atoms with van der Waals surface area (Å²) in [5.41, 5.74) is 10.5. The van der Waals surface area contributed by atoms with Crippen LogP contribution in [0.1, 0.15) is 6.85 Å². The molecule has 3 heterocycles. The van der Waals surface area contributed by atoms with Crippen LogP contribution in [0.4, 0.5) is 0 Å². The van der Waals surface area contributed by atoms with E-state index in [4.69, 9.17) is 6.85 Å². The molecule has 238 valence electrons. The minimum atomic E-state index is -0.403. The van der Waals surface area contributed by atoms with E-state index in [2.05, 4.69) is 137 Å². The number of para-hydroxylation sites is 5. The Balaban J connectivity index is 1.09. The molecular formula is C48H31N3. The Morgan fingerprint density at radius 3 is 1.12 bits per heavy atom. The highest BCUT2D eigenvalue weighted by atomic mass is 15.0. The Labute approximate surface area is 301 Å². The SMILES string of the molecule is [2H]c1c([2H])c([2H])c(-n2c3ccccc3c3cc(-c4ccc5c(c4)c4ccccc4n5-c4cccc(-n5c6ccccc6c6ccccc65)c4)ccc32)c([2H])c1[2H]. The van der Waals surface area contributed by atoms with Crippen LogP contribution in [0.15, 0.2) is 188 Å². The van der Waals surface area contributed by atoms with Crippen molar-refractivity contribution in [3.05, 3.63) is 188 Å². The highest BCUT2D eigenvalue weighted by molar-refractivity contribution is 6.13. The second kappa shape index (κ2) is 10.8. The van der Waals surface area contributed by atoms with Gasteiger partial charge < -0.3 is 13.7 Å². The summed E-state index contributed by atoms with van der Waals surface area (Å²) in [4.78, 5) is 0. The second-order valence-corrected chi connectivity index (χ2v) is 13.0. The summed E-state index contributed by atoms with van der Waals surface area (Å²) in [6, 6.07) is 53.6. The van der Waals surface area contributed by atoms with Gasteiger partial charge in [0.05, 0.1) is 40.0 Å². The quantitative estimate of drug-likeness (QED) is 0.179. The normalized spacial score (nSPS) is 13.3. The van der Waals surface area contributed by atoms with Crippen LogP contribution in [0, 0.1) is 0 Å². The van der Waals surface area contributed by atoms with Crippen LogP contribution < -0.4 is 0 Å². The van der Waals surface area contributed by atoms with Gasteiger partial charge in [0.1, 0.15) is 0 Å². The minimum absolute atomic E-state index is 0.145. The summed E-state index contributed by atoms with van der Waals surface area (Å²) in [6.45, 7) is 0. The monoisotopic (exact) mass is 654 g/mol. The first-order chi connectivity index (χ1) is 27.4. The van der Waals surface area contributed by atoms with Crippen LogP contribution in [0.2, 0.25) is 0 Å². The van der Waals surface area contributed by atoms with Gasteiger partial charge in [0.25, 0.3) is 0 Å². The predicted octanol–water partition coefficient (Wildman–Crippen LogP) is 12.6. The Bertz CT molecular complexity index is 3360. The molecule has 0 spiro atoms. The summed E-state index contributed by atoms with van der Waals surface area (Å²) in [7, 11) is 0. The summed E-state index contributed by atoms with van der Waals surface area (Å²) >= 11 is 0. The molecule has 11 aromatic rings. The van der Waals surface area contributed by atoms with E-state index in [0.29, 0.717) is 0 Å². The largest absolute Gasteiger partial charge is 0.309 e. The van der Waals surface area contributed by atoms with E-state index >= 15 is 0 Å². The van der Waals surface area contributed by atoms with E-state index in [1.54, 1.807) is 4.57 Å². The molecule has 0 saturated heterocycles. The van der Waals surface area contributed by atoms with Crippen molar-refractivity contribution in [1.29, 1.82) is 0 Å². The molecule has 3 aromatic heterocycles. The zero-order valence-corrected chi connectivity index (χ0v) is 27.4. The Kier molecular flexibility index (Phi) is 4.99. The van der Waals surface area contributed by atoms with Crippen molar-refractivity contribution in [2.75, 3.05) is 0 Å². The first-order valence-electron chi connectivity index (χ1n) is 19.6. The number of nitrogens with zero attached hydrogens (tertiary/aromatic N) is 3. The third-order valence-corrected chi connectivity index (χ3v) is 10.3. The molecule has 3 nitrogen and oxygen atoms in total. The molecule has 3 heteroatoms. The van der Waals surface area contributed by atoms with E-state index in [9.17, 15) is 0 Å². The summed E-state index contributed by atoms with van der Waals surface area (Å²) in [5, 5.41) is 6.64. The Morgan fingerprint density at radius 1 is 0.294 bits per heavy atom. The first kappa shape index (κ1) is 23.5. The van der Waals surface area contributed by atoms with Crippen molar-refractivity contribution in [3.8, 4) is 28.2 Å². The standard InChI is InChI=1S/C48H31N3/c1-2-13-34(14-3-1)49-45-23-10-6-19-39(45)41-29-32(25-27-47(41)49)33-26-28-48-42(30-33)40-20-7-11-24-46(40)51(48)36-16-12-15-35(31-36)50-43-21-8-4-17-37(43)38-18-5-9-22-44(38)50/h1-31H/i1D,2D,3D,13D,14D. The molecule has 0 amide bonds. The molecule has 11 rings (SSSR count). The van der Waals surface area contributed by atoms with Crippen molar-refractivity contribution in [2.24, 2.45) is 0 Å². The fourth-order valence-electron chi connectivity index (χ4n) is 8.15. The fourth-order valence-corrected chi connectivity index (χ4v) is 8.15. The van der Waals surface area contributed by atoms with Crippen molar-refractivity contribution < 1.29 is 6.85 Å². The number of rotatable bonds is 4. The molecule has 51 heavy (non-hydrogen) atoms. The molecule has 8 aromatic carbocycles. The number of benzene rings is 8. The van der Waals surface area contributed by atoms with E-state index < -0.39 is 6.04 Å². The minimum Gasteiger partial charge on any atom is -0.309 e. The highest BCUT2D eigenvalue weighted by Crippen LogP contribution is 2.39. The highest BCUT2D eigenvalue weighted by Gasteiger charge is 2.17. The number of hydrogen-bond donors (Lipinski definition) is 0. The number of fused-ring (bicyclic) bond motifs is 9. The predicted molar refractivity (Wildman–Crippen MR) is 215 cm³/mol. The van der Waals surface area contributed by atoms with Gasteiger partial charge >= 0.3 is 0 Å². The van der Waals surface area contributed by atoms with Gasteiger partial charge in [-0.2, -0.15) is 0 Å². The smallest absolute Gasteiger partial charge is 0.0645 e. The zero-order chi connectivity index (χ0) is 37.8. The van der Waals surface area contributed by atoms with Crippen molar-refractivity contribution in [3.63, 3.8) is 0 Å². The molecule has 0 aliphatic carbocycles. The molecule has 0 fully saturated rings. The molecule has 0 saturated carbocycles. The third-order valence-electron chi connectivity index (χ3n) is 10.3. The molecule has 0 atom stereocenters. The van der Waals surface area contributed by atoms with Crippen LogP contribution >= 0.6 is 0 Å². The number of aromatic nitrogens is 3. The van der Waals surface area contributed by atoms with Crippen molar-refractivity contribution >= 4 is 65.4 Å². The van der Waals surface area contributed by atoms with Gasteiger partial charge in [0.2, 0.25) is 0 Å². The van der Waals surface area contributed by atoms with Gasteiger partial charge in [-0.15, -0.1) is 0 Å². The molecular weight excluding hydrogens is 619 g/mol. The molecule has 0 aliphatic heterocycles. The van der Waals surface area contributed by atoms with Gasteiger partial charge in [-0.05, 0) is 89.9 Å². The van der Waals surface area contributed by atoms with E-state index in [1.165, 1.54) is 21.8 Å². The van der Waals surface area contributed by atoms with Crippen LogP contribution in [-0.4, -0.2) is 13.7 Å². The lowest BCUT2D eigenvalue weighted by molar-refractivity contribution is 1.13. The third kappa shape index (κ3) is 4.12. The molecule has 0 radical (unpaired) electrons. The maximum Gasteiger partial charge on any atom is 0.0645 e. The van der Waals surface area contributed by atoms with E-state index in [1.807, 2.05) is 30.3 Å². The number of hydrogen-bond acceptors (Lipinski definition) is 0. The summed E-state index contributed by atoms with van der Waals surface area (Å²) in [6.07, 6.45) is 0. The summed E-state index contributed by atoms with van der Waals surface area (Å²) < 4.78 is 48.9. The van der Waals surface area contributed by atoms with Crippen LogP contribution in [0.5, 0.6) is 0 Å². The van der Waals surface area contributed by atoms with Crippen LogP contribution in [-0.2, 0) is 0 Å². The molecule has 0 unspecified atom stereocenters. The maximum absolute atomic E-state index is 8.76. The second-order valence-electron chi connectivity index (χ2n) is 13.0. The molecule has 0 aliphatic rings. The Morgan fingerprint density at radius 2 is 0.667 bits per heavy atom. The molecule has 0 bridgehead atoms. The maximum atomic E-state index is 8.76. The average molecular weight is 655 g/mol. The zero-order valence-electron chi connectivity index (χ0n) is 32.4. The average Bonchev–Trinajstić information content (AvgIpc) is 3.88. The van der Waals surface area contributed by atoms with Crippen LogP contribution in [0.25, 0.3) is 93.6 Å². The Hall–Kier alpha value is -6.84. The topological polar surface area (TPSA) is 14.8 Å². The van der Waals surface area contributed by atoms with Gasteiger partial charge in [-0.25, -0.2) is 0 Å². The lowest BCUT2D eigenvalue weighted by atomic mass is 10.0. The fraction of sp³-hybridized carbons (Fsp3) is 0. The van der Waals surface area contributed by atoms with Crippen LogP contribution in [0.3, 0.4) is 0 Å². The van der Waals surface area contributed by atoms with Gasteiger partial charge in [-0.1, -0.05) is 109 Å². The van der Waals surface area contributed by atoms with Crippen molar-refractivity contribution in [1.82, 2.24) is 13.7 Å². The van der Waals surface area contributed by atoms with Gasteiger partial charge in [0.15, 0.2) is 0 Å². The van der Waals surface area contributed by atoms with Gasteiger partial charge in [-0.3, -0.25) is 0 Å². The van der Waals surface area contributed by atoms with E-state index in [0.717, 1.165) is 66.1 Å². The van der Waals surface area contributed by atoms with Gasteiger partial charge in [0, 0.05) is 49.4 Å². The first-order valence-corrected chi connectivity index (χ1v) is 17.1.